The smallest absolute Gasteiger partial charge is 0.408 e. The number of Topliss-reactive ketones (excluding diaryl/α,β-unsaturated/α-hetero) is 1. The van der Waals surface area contributed by atoms with E-state index in [0.29, 0.717) is 33.9 Å². The zero-order valence-corrected chi connectivity index (χ0v) is 28.7. The molecular weight excluding hydrogens is 651 g/mol. The fourth-order valence-corrected chi connectivity index (χ4v) is 5.51. The number of benzene rings is 3. The highest BCUT2D eigenvalue weighted by Crippen LogP contribution is 2.36. The van der Waals surface area contributed by atoms with Gasteiger partial charge in [-0.3, -0.25) is 4.79 Å². The first kappa shape index (κ1) is 35.8. The lowest BCUT2D eigenvalue weighted by atomic mass is 9.87. The number of ketones is 1. The third-order valence-electron chi connectivity index (χ3n) is 8.40. The first-order valence-corrected chi connectivity index (χ1v) is 16.3. The average Bonchev–Trinajstić information content (AvgIpc) is 3.92. The second-order valence-electron chi connectivity index (χ2n) is 12.6. The number of rotatable bonds is 15. The SMILES string of the molecule is COCC(C)(NC(=O)OCc1ccccc1)c1cc(-c2ccc(F)c(Cl)c2)nc(C(C)(O)CCC(=O)c2ccc(OC3CC3)c(OC)c2)c1. The molecule has 1 aliphatic rings. The highest BCUT2D eigenvalue weighted by Gasteiger charge is 2.34. The van der Waals surface area contributed by atoms with Gasteiger partial charge in [0.15, 0.2) is 17.3 Å². The second kappa shape index (κ2) is 15.4. The van der Waals surface area contributed by atoms with Gasteiger partial charge in [0.25, 0.3) is 0 Å². The van der Waals surface area contributed by atoms with Crippen LogP contribution in [0.1, 0.15) is 66.7 Å². The fraction of sp³-hybridized carbons (Fsp3) is 0.342. The van der Waals surface area contributed by atoms with Gasteiger partial charge in [0.2, 0.25) is 0 Å². The maximum Gasteiger partial charge on any atom is 0.408 e. The van der Waals surface area contributed by atoms with Crippen LogP contribution in [0.2, 0.25) is 5.02 Å². The molecule has 4 aromatic rings. The van der Waals surface area contributed by atoms with Crippen molar-refractivity contribution in [3.8, 4) is 22.8 Å². The van der Waals surface area contributed by atoms with Gasteiger partial charge in [-0.2, -0.15) is 0 Å². The molecule has 1 saturated carbocycles. The summed E-state index contributed by atoms with van der Waals surface area (Å²) in [7, 11) is 3.02. The molecule has 0 bridgehead atoms. The highest BCUT2D eigenvalue weighted by atomic mass is 35.5. The number of hydrogen-bond donors (Lipinski definition) is 2. The molecule has 0 radical (unpaired) electrons. The van der Waals surface area contributed by atoms with Crippen molar-refractivity contribution in [2.45, 2.75) is 63.4 Å². The number of nitrogens with zero attached hydrogens (tertiary/aromatic N) is 1. The molecule has 3 aromatic carbocycles. The predicted octanol–water partition coefficient (Wildman–Crippen LogP) is 7.75. The second-order valence-corrected chi connectivity index (χ2v) is 13.0. The third kappa shape index (κ3) is 9.14. The summed E-state index contributed by atoms with van der Waals surface area (Å²) in [6, 6.07) is 21.9. The standard InChI is InChI=1S/C38H40ClFN2O7/c1-37(23-46-3,42-36(44)48-22-24-8-6-5-7-9-24)27-20-31(25-10-14-30(40)29(39)18-25)41-35(21-27)38(2,45)17-16-32(43)26-11-15-33(34(19-26)47-4)49-28-12-13-28/h5-11,14-15,18-21,28,45H,12-13,16-17,22-23H2,1-4H3,(H,42,44). The third-order valence-corrected chi connectivity index (χ3v) is 8.69. The summed E-state index contributed by atoms with van der Waals surface area (Å²) in [6.45, 7) is 3.41. The minimum Gasteiger partial charge on any atom is -0.493 e. The van der Waals surface area contributed by atoms with Crippen molar-refractivity contribution in [1.29, 1.82) is 0 Å². The zero-order valence-electron chi connectivity index (χ0n) is 27.9. The van der Waals surface area contributed by atoms with E-state index in [-0.39, 0.29) is 48.7 Å². The lowest BCUT2D eigenvalue weighted by Crippen LogP contribution is -2.47. The molecule has 1 fully saturated rings. The van der Waals surface area contributed by atoms with E-state index < -0.39 is 23.1 Å². The van der Waals surface area contributed by atoms with Crippen LogP contribution < -0.4 is 14.8 Å². The number of methoxy groups -OCH3 is 2. The van der Waals surface area contributed by atoms with Crippen molar-refractivity contribution in [1.82, 2.24) is 10.3 Å². The van der Waals surface area contributed by atoms with Crippen molar-refractivity contribution in [2.75, 3.05) is 20.8 Å². The van der Waals surface area contributed by atoms with E-state index in [1.54, 1.807) is 44.2 Å². The average molecular weight is 691 g/mol. The summed E-state index contributed by atoms with van der Waals surface area (Å²) in [5.41, 5.74) is 0.0582. The van der Waals surface area contributed by atoms with Crippen LogP contribution in [-0.4, -0.2) is 48.9 Å². The Balaban J connectivity index is 1.43. The first-order chi connectivity index (χ1) is 23.4. The largest absolute Gasteiger partial charge is 0.493 e. The van der Waals surface area contributed by atoms with Gasteiger partial charge in [-0.1, -0.05) is 41.9 Å². The number of ether oxygens (including phenoxy) is 4. The summed E-state index contributed by atoms with van der Waals surface area (Å²) in [5, 5.41) is 14.6. The van der Waals surface area contributed by atoms with Crippen molar-refractivity contribution in [3.05, 3.63) is 112 Å². The lowest BCUT2D eigenvalue weighted by molar-refractivity contribution is 0.0394. The normalized spacial score (nSPS) is 15.1. The molecule has 1 aromatic heterocycles. The van der Waals surface area contributed by atoms with Gasteiger partial charge in [0.05, 0.1) is 41.8 Å². The van der Waals surface area contributed by atoms with Gasteiger partial charge >= 0.3 is 6.09 Å². The van der Waals surface area contributed by atoms with E-state index in [1.165, 1.54) is 32.4 Å². The van der Waals surface area contributed by atoms with E-state index in [2.05, 4.69) is 5.32 Å². The zero-order chi connectivity index (χ0) is 35.2. The van der Waals surface area contributed by atoms with Crippen LogP contribution in [0.5, 0.6) is 11.5 Å². The summed E-state index contributed by atoms with van der Waals surface area (Å²) in [4.78, 5) is 31.1. The molecule has 2 unspecified atom stereocenters. The molecule has 11 heteroatoms. The predicted molar refractivity (Wildman–Crippen MR) is 183 cm³/mol. The molecule has 1 amide bonds. The molecule has 0 saturated heterocycles. The number of nitrogens with one attached hydrogen (secondary N) is 1. The fourth-order valence-electron chi connectivity index (χ4n) is 5.33. The number of alkyl carbamates (subject to hydrolysis) is 1. The number of amides is 1. The molecular formula is C38H40ClFN2O7. The monoisotopic (exact) mass is 690 g/mol. The molecule has 0 spiro atoms. The molecule has 1 heterocycles. The van der Waals surface area contributed by atoms with Crippen LogP contribution in [0.25, 0.3) is 11.3 Å². The number of aromatic nitrogens is 1. The molecule has 2 N–H and O–H groups in total. The Morgan fingerprint density at radius 3 is 2.43 bits per heavy atom. The minimum absolute atomic E-state index is 0.0119. The van der Waals surface area contributed by atoms with Gasteiger partial charge in [-0.05, 0) is 92.8 Å². The highest BCUT2D eigenvalue weighted by molar-refractivity contribution is 6.31. The Hall–Kier alpha value is -4.51. The van der Waals surface area contributed by atoms with Crippen LogP contribution in [-0.2, 0) is 27.2 Å². The molecule has 9 nitrogen and oxygen atoms in total. The van der Waals surface area contributed by atoms with Crippen molar-refractivity contribution >= 4 is 23.5 Å². The Morgan fingerprint density at radius 2 is 1.76 bits per heavy atom. The maximum atomic E-state index is 14.1. The molecule has 49 heavy (non-hydrogen) atoms. The summed E-state index contributed by atoms with van der Waals surface area (Å²) in [6.07, 6.45) is 1.47. The molecule has 258 valence electrons. The number of pyridine rings is 1. The van der Waals surface area contributed by atoms with E-state index in [1.807, 2.05) is 30.3 Å². The Kier molecular flexibility index (Phi) is 11.2. The van der Waals surface area contributed by atoms with Crippen molar-refractivity contribution in [2.24, 2.45) is 0 Å². The number of carbonyl (C=O) groups is 2. The summed E-state index contributed by atoms with van der Waals surface area (Å²) < 4.78 is 36.5. The molecule has 5 rings (SSSR count). The first-order valence-electron chi connectivity index (χ1n) is 16.0. The van der Waals surface area contributed by atoms with Crippen LogP contribution in [0.15, 0.2) is 78.9 Å². The maximum absolute atomic E-state index is 14.1. The number of carbonyl (C=O) groups excluding carboxylic acids is 2. The Labute approximate surface area is 290 Å². The van der Waals surface area contributed by atoms with E-state index in [4.69, 9.17) is 35.5 Å². The quantitative estimate of drug-likeness (QED) is 0.122. The van der Waals surface area contributed by atoms with Crippen LogP contribution in [0.3, 0.4) is 0 Å². The van der Waals surface area contributed by atoms with Crippen molar-refractivity contribution < 1.29 is 38.0 Å². The van der Waals surface area contributed by atoms with Gasteiger partial charge < -0.3 is 29.4 Å². The number of halogens is 2. The van der Waals surface area contributed by atoms with Gasteiger partial charge in [0.1, 0.15) is 18.0 Å². The number of hydrogen-bond acceptors (Lipinski definition) is 8. The van der Waals surface area contributed by atoms with Crippen LogP contribution in [0, 0.1) is 5.82 Å². The number of aliphatic hydroxyl groups is 1. The summed E-state index contributed by atoms with van der Waals surface area (Å²) >= 11 is 6.13. The van der Waals surface area contributed by atoms with Crippen LogP contribution >= 0.6 is 11.6 Å². The van der Waals surface area contributed by atoms with Crippen molar-refractivity contribution in [3.63, 3.8) is 0 Å². The van der Waals surface area contributed by atoms with E-state index in [0.717, 1.165) is 18.4 Å². The molecule has 0 aliphatic heterocycles. The van der Waals surface area contributed by atoms with E-state index in [9.17, 15) is 19.1 Å². The van der Waals surface area contributed by atoms with Gasteiger partial charge in [0, 0.05) is 24.7 Å². The topological polar surface area (TPSA) is 116 Å². The van der Waals surface area contributed by atoms with E-state index >= 15 is 0 Å². The molecule has 1 aliphatic carbocycles. The van der Waals surface area contributed by atoms with Gasteiger partial charge in [-0.15, -0.1) is 0 Å². The molecule has 2 atom stereocenters. The van der Waals surface area contributed by atoms with Gasteiger partial charge in [-0.25, -0.2) is 14.2 Å². The summed E-state index contributed by atoms with van der Waals surface area (Å²) in [5.74, 6) is 0.252. The van der Waals surface area contributed by atoms with Crippen LogP contribution in [0.4, 0.5) is 9.18 Å². The minimum atomic E-state index is -1.61. The Bertz CT molecular complexity index is 1800. The lowest BCUT2D eigenvalue weighted by Gasteiger charge is -2.32. The Morgan fingerprint density at radius 1 is 1.00 bits per heavy atom.